The SMILES string of the molecule is C/C=C/C=C/CCCCCCCC(=O)C(=O)OC. The first kappa shape index (κ1) is 16.6. The second kappa shape index (κ2) is 12.1. The molecule has 0 fully saturated rings. The number of rotatable bonds is 10. The molecule has 0 amide bonds. The lowest BCUT2D eigenvalue weighted by molar-refractivity contribution is -0.151. The number of esters is 1. The number of carbonyl (C=O) groups is 2. The lowest BCUT2D eigenvalue weighted by Gasteiger charge is -2.00. The van der Waals surface area contributed by atoms with Crippen LogP contribution in [0.5, 0.6) is 0 Å². The minimum Gasteiger partial charge on any atom is -0.463 e. The van der Waals surface area contributed by atoms with E-state index in [2.05, 4.69) is 16.9 Å². The third kappa shape index (κ3) is 9.82. The molecule has 0 heterocycles. The Labute approximate surface area is 110 Å². The highest BCUT2D eigenvalue weighted by atomic mass is 16.5. The van der Waals surface area contributed by atoms with E-state index < -0.39 is 11.8 Å². The lowest BCUT2D eigenvalue weighted by Crippen LogP contribution is -2.14. The van der Waals surface area contributed by atoms with Gasteiger partial charge in [-0.1, -0.05) is 43.6 Å². The summed E-state index contributed by atoms with van der Waals surface area (Å²) in [5.74, 6) is -1.13. The van der Waals surface area contributed by atoms with Crippen molar-refractivity contribution in [1.29, 1.82) is 0 Å². The fraction of sp³-hybridized carbons (Fsp3) is 0.600. The molecule has 0 aliphatic rings. The molecule has 3 heteroatoms. The van der Waals surface area contributed by atoms with Crippen molar-refractivity contribution in [1.82, 2.24) is 0 Å². The van der Waals surface area contributed by atoms with Crippen LogP contribution in [0.1, 0.15) is 51.9 Å². The van der Waals surface area contributed by atoms with E-state index in [1.165, 1.54) is 20.0 Å². The normalized spacial score (nSPS) is 11.2. The molecule has 3 nitrogen and oxygen atoms in total. The van der Waals surface area contributed by atoms with Gasteiger partial charge in [-0.05, 0) is 26.2 Å². The number of ether oxygens (including phenoxy) is 1. The second-order valence-corrected chi connectivity index (χ2v) is 4.18. The van der Waals surface area contributed by atoms with Gasteiger partial charge in [0.2, 0.25) is 5.78 Å². The van der Waals surface area contributed by atoms with Crippen LogP contribution in [-0.2, 0) is 14.3 Å². The molecular weight excluding hydrogens is 228 g/mol. The molecular formula is C15H24O3. The van der Waals surface area contributed by atoms with Gasteiger partial charge in [-0.2, -0.15) is 0 Å². The summed E-state index contributed by atoms with van der Waals surface area (Å²) in [6, 6.07) is 0. The smallest absolute Gasteiger partial charge is 0.374 e. The van der Waals surface area contributed by atoms with Crippen molar-refractivity contribution in [3.8, 4) is 0 Å². The van der Waals surface area contributed by atoms with Crippen LogP contribution >= 0.6 is 0 Å². The fourth-order valence-electron chi connectivity index (χ4n) is 1.58. The van der Waals surface area contributed by atoms with E-state index in [0.717, 1.165) is 25.7 Å². The van der Waals surface area contributed by atoms with Gasteiger partial charge in [0.05, 0.1) is 7.11 Å². The van der Waals surface area contributed by atoms with Crippen molar-refractivity contribution in [2.24, 2.45) is 0 Å². The van der Waals surface area contributed by atoms with Crippen molar-refractivity contribution in [3.63, 3.8) is 0 Å². The predicted octanol–water partition coefficient (Wildman–Crippen LogP) is 3.59. The van der Waals surface area contributed by atoms with Crippen LogP contribution in [0.4, 0.5) is 0 Å². The van der Waals surface area contributed by atoms with Crippen LogP contribution < -0.4 is 0 Å². The zero-order valence-electron chi connectivity index (χ0n) is 11.5. The van der Waals surface area contributed by atoms with Gasteiger partial charge >= 0.3 is 5.97 Å². The average Bonchev–Trinajstić information content (AvgIpc) is 2.39. The Bertz CT molecular complexity index is 290. The average molecular weight is 252 g/mol. The lowest BCUT2D eigenvalue weighted by atomic mass is 10.1. The topological polar surface area (TPSA) is 43.4 Å². The van der Waals surface area contributed by atoms with Gasteiger partial charge in [-0.25, -0.2) is 4.79 Å². The number of ketones is 1. The maximum atomic E-state index is 11.1. The van der Waals surface area contributed by atoms with Crippen LogP contribution in [0.15, 0.2) is 24.3 Å². The molecule has 0 saturated heterocycles. The van der Waals surface area contributed by atoms with E-state index in [9.17, 15) is 9.59 Å². The summed E-state index contributed by atoms with van der Waals surface area (Å²) < 4.78 is 4.35. The molecule has 102 valence electrons. The van der Waals surface area contributed by atoms with E-state index in [4.69, 9.17) is 0 Å². The zero-order valence-corrected chi connectivity index (χ0v) is 11.5. The predicted molar refractivity (Wildman–Crippen MR) is 73.3 cm³/mol. The largest absolute Gasteiger partial charge is 0.463 e. The van der Waals surface area contributed by atoms with Crippen molar-refractivity contribution >= 4 is 11.8 Å². The molecule has 0 aliphatic heterocycles. The number of unbranched alkanes of at least 4 members (excludes halogenated alkanes) is 5. The van der Waals surface area contributed by atoms with E-state index in [-0.39, 0.29) is 0 Å². The van der Waals surface area contributed by atoms with Crippen molar-refractivity contribution < 1.29 is 14.3 Å². The van der Waals surface area contributed by atoms with E-state index in [1.54, 1.807) is 0 Å². The molecule has 18 heavy (non-hydrogen) atoms. The zero-order chi connectivity index (χ0) is 13.6. The minimum absolute atomic E-state index is 0.313. The molecule has 0 radical (unpaired) electrons. The molecule has 0 aromatic rings. The number of methoxy groups -OCH3 is 1. The fourth-order valence-corrected chi connectivity index (χ4v) is 1.58. The molecule has 0 N–H and O–H groups in total. The van der Waals surface area contributed by atoms with Gasteiger partial charge < -0.3 is 4.74 Å². The first-order chi connectivity index (χ1) is 8.72. The maximum Gasteiger partial charge on any atom is 0.374 e. The van der Waals surface area contributed by atoms with Gasteiger partial charge in [-0.15, -0.1) is 0 Å². The molecule has 0 aromatic heterocycles. The van der Waals surface area contributed by atoms with Gasteiger partial charge in [0, 0.05) is 6.42 Å². The summed E-state index contributed by atoms with van der Waals surface area (Å²) in [4.78, 5) is 21.9. The van der Waals surface area contributed by atoms with E-state index in [1.807, 2.05) is 19.1 Å². The summed E-state index contributed by atoms with van der Waals surface area (Å²) in [5, 5.41) is 0. The van der Waals surface area contributed by atoms with Crippen molar-refractivity contribution in [3.05, 3.63) is 24.3 Å². The van der Waals surface area contributed by atoms with Gasteiger partial charge in [0.15, 0.2) is 0 Å². The first-order valence-electron chi connectivity index (χ1n) is 6.61. The van der Waals surface area contributed by atoms with Crippen LogP contribution in [-0.4, -0.2) is 18.9 Å². The Kier molecular flexibility index (Phi) is 11.2. The Hall–Kier alpha value is -1.38. The molecule has 0 atom stereocenters. The monoisotopic (exact) mass is 252 g/mol. The molecule has 0 rings (SSSR count). The molecule has 0 unspecified atom stereocenters. The number of Topliss-reactive ketones (excluding diaryl/α,β-unsaturated/α-hetero) is 1. The highest BCUT2D eigenvalue weighted by Crippen LogP contribution is 2.08. The maximum absolute atomic E-state index is 11.1. The van der Waals surface area contributed by atoms with Gasteiger partial charge in [-0.3, -0.25) is 4.79 Å². The van der Waals surface area contributed by atoms with Crippen LogP contribution in [0.2, 0.25) is 0 Å². The summed E-state index contributed by atoms with van der Waals surface area (Å²) in [7, 11) is 1.24. The van der Waals surface area contributed by atoms with E-state index in [0.29, 0.717) is 6.42 Å². The number of carbonyl (C=O) groups excluding carboxylic acids is 2. The second-order valence-electron chi connectivity index (χ2n) is 4.18. The van der Waals surface area contributed by atoms with Gasteiger partial charge in [0.25, 0.3) is 0 Å². The van der Waals surface area contributed by atoms with Crippen molar-refractivity contribution in [2.45, 2.75) is 51.9 Å². The van der Waals surface area contributed by atoms with Crippen LogP contribution in [0.25, 0.3) is 0 Å². The summed E-state index contributed by atoms with van der Waals surface area (Å²) >= 11 is 0. The summed E-state index contributed by atoms with van der Waals surface area (Å²) in [5.41, 5.74) is 0. The molecule has 0 saturated carbocycles. The van der Waals surface area contributed by atoms with Crippen LogP contribution in [0, 0.1) is 0 Å². The summed E-state index contributed by atoms with van der Waals surface area (Å²) in [6.45, 7) is 2.00. The number of hydrogen-bond acceptors (Lipinski definition) is 3. The highest BCUT2D eigenvalue weighted by molar-refractivity contribution is 6.33. The third-order valence-electron chi connectivity index (χ3n) is 2.63. The summed E-state index contributed by atoms with van der Waals surface area (Å²) in [6.07, 6.45) is 14.9. The van der Waals surface area contributed by atoms with E-state index >= 15 is 0 Å². The third-order valence-corrected chi connectivity index (χ3v) is 2.63. The first-order valence-corrected chi connectivity index (χ1v) is 6.61. The quantitative estimate of drug-likeness (QED) is 0.258. The van der Waals surface area contributed by atoms with Crippen molar-refractivity contribution in [2.75, 3.05) is 7.11 Å². The molecule has 0 spiro atoms. The Balaban J connectivity index is 3.31. The Morgan fingerprint density at radius 2 is 1.67 bits per heavy atom. The molecule has 0 bridgehead atoms. The van der Waals surface area contributed by atoms with Gasteiger partial charge in [0.1, 0.15) is 0 Å². The van der Waals surface area contributed by atoms with Crippen LogP contribution in [0.3, 0.4) is 0 Å². The minimum atomic E-state index is -0.718. The number of allylic oxidation sites excluding steroid dienone is 4. The standard InChI is InChI=1S/C15H24O3/c1-3-4-5-6-7-8-9-10-11-12-13-14(16)15(17)18-2/h3-6H,7-13H2,1-2H3/b4-3+,6-5+. The Morgan fingerprint density at radius 1 is 1.00 bits per heavy atom. The highest BCUT2D eigenvalue weighted by Gasteiger charge is 2.12. The molecule has 0 aliphatic carbocycles. The molecule has 0 aromatic carbocycles. The number of hydrogen-bond donors (Lipinski definition) is 0. The Morgan fingerprint density at radius 3 is 2.33 bits per heavy atom.